The van der Waals surface area contributed by atoms with Crippen molar-refractivity contribution in [1.82, 2.24) is 5.06 Å². The van der Waals surface area contributed by atoms with E-state index >= 15 is 0 Å². The number of hydrogen-bond donors (Lipinski definition) is 1. The van der Waals surface area contributed by atoms with E-state index in [9.17, 15) is 14.8 Å². The number of amides is 2. The Hall–Kier alpha value is -0.900. The van der Waals surface area contributed by atoms with Gasteiger partial charge in [-0.2, -0.15) is 5.06 Å². The van der Waals surface area contributed by atoms with Crippen LogP contribution in [0.2, 0.25) is 0 Å². The van der Waals surface area contributed by atoms with Crippen molar-refractivity contribution in [1.29, 1.82) is 0 Å². The van der Waals surface area contributed by atoms with E-state index < -0.39 is 23.7 Å². The molecule has 1 aliphatic rings. The fourth-order valence-electron chi connectivity index (χ4n) is 2.40. The van der Waals surface area contributed by atoms with E-state index in [2.05, 4.69) is 0 Å². The zero-order chi connectivity index (χ0) is 12.9. The average Bonchev–Trinajstić information content (AvgIpc) is 2.27. The second-order valence-electron chi connectivity index (χ2n) is 6.68. The maximum absolute atomic E-state index is 11.9. The zero-order valence-electron chi connectivity index (χ0n) is 10.9. The molecule has 0 aromatic rings. The van der Waals surface area contributed by atoms with Crippen LogP contribution in [-0.2, 0) is 9.59 Å². The summed E-state index contributed by atoms with van der Waals surface area (Å²) in [6.07, 6.45) is 0. The molecule has 1 unspecified atom stereocenters. The van der Waals surface area contributed by atoms with Crippen LogP contribution >= 0.6 is 0 Å². The average molecular weight is 227 g/mol. The SMILES string of the molecule is CC(C)(C)C1C(=O)N(O)C(=O)[C@@H]1C(C)(C)C. The molecule has 2 amide bonds. The van der Waals surface area contributed by atoms with Gasteiger partial charge in [-0.15, -0.1) is 0 Å². The minimum Gasteiger partial charge on any atom is -0.278 e. The lowest BCUT2D eigenvalue weighted by Crippen LogP contribution is -2.38. The van der Waals surface area contributed by atoms with Crippen LogP contribution in [0.1, 0.15) is 41.5 Å². The van der Waals surface area contributed by atoms with Gasteiger partial charge in [-0.05, 0) is 10.8 Å². The van der Waals surface area contributed by atoms with Crippen molar-refractivity contribution in [3.05, 3.63) is 0 Å². The predicted octanol–water partition coefficient (Wildman–Crippen LogP) is 2.07. The van der Waals surface area contributed by atoms with Crippen LogP contribution in [0.15, 0.2) is 0 Å². The lowest BCUT2D eigenvalue weighted by atomic mass is 9.65. The zero-order valence-corrected chi connectivity index (χ0v) is 10.9. The smallest absolute Gasteiger partial charge is 0.257 e. The second-order valence-corrected chi connectivity index (χ2v) is 6.68. The minimum atomic E-state index is -0.475. The summed E-state index contributed by atoms with van der Waals surface area (Å²) >= 11 is 0. The quantitative estimate of drug-likeness (QED) is 0.509. The molecule has 0 aromatic carbocycles. The minimum absolute atomic E-state index is 0.297. The molecule has 0 aliphatic carbocycles. The van der Waals surface area contributed by atoms with E-state index in [1.807, 2.05) is 41.5 Å². The Labute approximate surface area is 96.6 Å². The lowest BCUT2D eigenvalue weighted by Gasteiger charge is -2.35. The van der Waals surface area contributed by atoms with Gasteiger partial charge in [-0.25, -0.2) is 0 Å². The Morgan fingerprint density at radius 2 is 1.12 bits per heavy atom. The summed E-state index contributed by atoms with van der Waals surface area (Å²) in [5, 5.41) is 9.77. The Morgan fingerprint density at radius 3 is 1.31 bits per heavy atom. The topological polar surface area (TPSA) is 57.6 Å². The molecule has 0 aromatic heterocycles. The molecule has 0 saturated carbocycles. The van der Waals surface area contributed by atoms with Gasteiger partial charge < -0.3 is 0 Å². The third-order valence-electron chi connectivity index (χ3n) is 3.15. The van der Waals surface area contributed by atoms with Gasteiger partial charge in [0.1, 0.15) is 0 Å². The van der Waals surface area contributed by atoms with Crippen molar-refractivity contribution >= 4 is 11.8 Å². The van der Waals surface area contributed by atoms with Crippen LogP contribution < -0.4 is 0 Å². The molecule has 16 heavy (non-hydrogen) atoms. The standard InChI is InChI=1S/C12H21NO3/c1-11(2,3)7-8(12(4,5)6)10(15)13(16)9(7)14/h7-8,16H,1-6H3/t7-,8?/m1/s1. The molecule has 0 bridgehead atoms. The van der Waals surface area contributed by atoms with Crippen LogP contribution in [0.25, 0.3) is 0 Å². The summed E-state index contributed by atoms with van der Waals surface area (Å²) in [7, 11) is 0. The van der Waals surface area contributed by atoms with Crippen molar-refractivity contribution in [2.75, 3.05) is 0 Å². The molecule has 1 fully saturated rings. The molecule has 4 nitrogen and oxygen atoms in total. The monoisotopic (exact) mass is 227 g/mol. The number of carbonyl (C=O) groups excluding carboxylic acids is 2. The van der Waals surface area contributed by atoms with Crippen LogP contribution in [-0.4, -0.2) is 22.1 Å². The first kappa shape index (κ1) is 13.2. The van der Waals surface area contributed by atoms with Gasteiger partial charge in [-0.3, -0.25) is 14.8 Å². The van der Waals surface area contributed by atoms with E-state index in [-0.39, 0.29) is 10.8 Å². The van der Waals surface area contributed by atoms with Gasteiger partial charge in [0.15, 0.2) is 0 Å². The second kappa shape index (κ2) is 3.55. The first-order valence-corrected chi connectivity index (χ1v) is 5.54. The fraction of sp³-hybridized carbons (Fsp3) is 0.833. The van der Waals surface area contributed by atoms with Gasteiger partial charge >= 0.3 is 0 Å². The summed E-state index contributed by atoms with van der Waals surface area (Å²) in [5.41, 5.74) is -0.662. The highest BCUT2D eigenvalue weighted by molar-refractivity contribution is 6.04. The van der Waals surface area contributed by atoms with Crippen LogP contribution in [0.4, 0.5) is 0 Å². The molecule has 0 spiro atoms. The Bertz CT molecular complexity index is 290. The number of carbonyl (C=O) groups is 2. The molecule has 1 heterocycles. The molecule has 1 N–H and O–H groups in total. The molecular weight excluding hydrogens is 206 g/mol. The molecule has 0 radical (unpaired) electrons. The van der Waals surface area contributed by atoms with Crippen molar-refractivity contribution in [2.24, 2.45) is 22.7 Å². The Morgan fingerprint density at radius 1 is 0.875 bits per heavy atom. The normalized spacial score (nSPS) is 27.8. The van der Waals surface area contributed by atoms with Crippen molar-refractivity contribution in [3.63, 3.8) is 0 Å². The maximum atomic E-state index is 11.9. The highest BCUT2D eigenvalue weighted by Crippen LogP contribution is 2.46. The largest absolute Gasteiger partial charge is 0.278 e. The number of hydroxylamine groups is 2. The maximum Gasteiger partial charge on any atom is 0.257 e. The third-order valence-corrected chi connectivity index (χ3v) is 3.15. The Kier molecular flexibility index (Phi) is 2.92. The third kappa shape index (κ3) is 1.98. The molecular formula is C12H21NO3. The summed E-state index contributed by atoms with van der Waals surface area (Å²) in [5.74, 6) is -1.86. The first-order chi connectivity index (χ1) is 6.98. The molecule has 1 rings (SSSR count). The van der Waals surface area contributed by atoms with Gasteiger partial charge in [0.25, 0.3) is 11.8 Å². The van der Waals surface area contributed by atoms with Crippen LogP contribution in [0.3, 0.4) is 0 Å². The predicted molar refractivity (Wildman–Crippen MR) is 59.5 cm³/mol. The molecule has 1 saturated heterocycles. The first-order valence-electron chi connectivity index (χ1n) is 5.54. The molecule has 4 heteroatoms. The molecule has 1 aliphatic heterocycles. The van der Waals surface area contributed by atoms with E-state index in [1.165, 1.54) is 0 Å². The van der Waals surface area contributed by atoms with E-state index in [1.54, 1.807) is 0 Å². The van der Waals surface area contributed by atoms with Crippen molar-refractivity contribution in [3.8, 4) is 0 Å². The van der Waals surface area contributed by atoms with E-state index in [4.69, 9.17) is 0 Å². The van der Waals surface area contributed by atoms with Gasteiger partial charge in [0.05, 0.1) is 11.8 Å². The number of nitrogens with zero attached hydrogens (tertiary/aromatic N) is 1. The van der Waals surface area contributed by atoms with Gasteiger partial charge in [0.2, 0.25) is 0 Å². The lowest BCUT2D eigenvalue weighted by molar-refractivity contribution is -0.174. The van der Waals surface area contributed by atoms with Gasteiger partial charge in [0, 0.05) is 0 Å². The molecule has 2 atom stereocenters. The number of rotatable bonds is 0. The van der Waals surface area contributed by atoms with E-state index in [0.29, 0.717) is 5.06 Å². The number of hydrogen-bond acceptors (Lipinski definition) is 3. The van der Waals surface area contributed by atoms with E-state index in [0.717, 1.165) is 0 Å². The van der Waals surface area contributed by atoms with Gasteiger partial charge in [-0.1, -0.05) is 41.5 Å². The fourth-order valence-corrected chi connectivity index (χ4v) is 2.40. The summed E-state index contributed by atoms with van der Waals surface area (Å²) in [6, 6.07) is 0. The summed E-state index contributed by atoms with van der Waals surface area (Å²) in [6.45, 7) is 11.5. The molecule has 92 valence electrons. The highest BCUT2D eigenvalue weighted by Gasteiger charge is 2.56. The van der Waals surface area contributed by atoms with Crippen molar-refractivity contribution < 1.29 is 14.8 Å². The van der Waals surface area contributed by atoms with Crippen LogP contribution in [0, 0.1) is 22.7 Å². The summed E-state index contributed by atoms with van der Waals surface area (Å²) < 4.78 is 0. The summed E-state index contributed by atoms with van der Waals surface area (Å²) in [4.78, 5) is 23.7. The van der Waals surface area contributed by atoms with Crippen molar-refractivity contribution in [2.45, 2.75) is 41.5 Å². The number of imide groups is 1. The van der Waals surface area contributed by atoms with Crippen LogP contribution in [0.5, 0.6) is 0 Å². The highest BCUT2D eigenvalue weighted by atomic mass is 16.5. The Balaban J connectivity index is 3.23.